The molecule has 0 amide bonds. The van der Waals surface area contributed by atoms with E-state index in [2.05, 4.69) is 11.1 Å². The van der Waals surface area contributed by atoms with E-state index in [-0.39, 0.29) is 12.1 Å². The van der Waals surface area contributed by atoms with Gasteiger partial charge < -0.3 is 10.0 Å². The molecule has 2 rings (SSSR count). The Morgan fingerprint density at radius 3 is 2.41 bits per heavy atom. The molecule has 0 atom stereocenters. The van der Waals surface area contributed by atoms with Gasteiger partial charge >= 0.3 is 5.97 Å². The van der Waals surface area contributed by atoms with E-state index in [1.54, 1.807) is 7.05 Å². The lowest BCUT2D eigenvalue weighted by Gasteiger charge is -2.22. The summed E-state index contributed by atoms with van der Waals surface area (Å²) < 4.78 is 0. The second-order valence-electron chi connectivity index (χ2n) is 5.50. The summed E-state index contributed by atoms with van der Waals surface area (Å²) in [6.07, 6.45) is 5.75. The lowest BCUT2D eigenvalue weighted by Crippen LogP contribution is -2.28. The number of fused-ring (bicyclic) bond motifs is 1. The van der Waals surface area contributed by atoms with Crippen LogP contribution in [0.4, 0.5) is 5.82 Å². The van der Waals surface area contributed by atoms with Crippen LogP contribution in [0, 0.1) is 22.7 Å². The third-order valence-corrected chi connectivity index (χ3v) is 3.91. The monoisotopic (exact) mass is 298 g/mol. The number of hydrogen-bond donors (Lipinski definition) is 1. The van der Waals surface area contributed by atoms with Crippen LogP contribution in [0.1, 0.15) is 48.1 Å². The summed E-state index contributed by atoms with van der Waals surface area (Å²) in [7, 11) is 1.58. The maximum atomic E-state index is 10.9. The number of carboxylic acids is 1. The van der Waals surface area contributed by atoms with Crippen molar-refractivity contribution < 1.29 is 9.90 Å². The number of carboxylic acid groups (broad SMARTS) is 1. The van der Waals surface area contributed by atoms with Gasteiger partial charge in [0.25, 0.3) is 0 Å². The molecule has 0 bridgehead atoms. The quantitative estimate of drug-likeness (QED) is 0.916. The molecule has 1 aromatic heterocycles. The Labute approximate surface area is 129 Å². The van der Waals surface area contributed by atoms with Crippen molar-refractivity contribution in [1.82, 2.24) is 4.98 Å². The number of anilines is 1. The zero-order chi connectivity index (χ0) is 16.1. The van der Waals surface area contributed by atoms with Crippen molar-refractivity contribution in [3.63, 3.8) is 0 Å². The summed E-state index contributed by atoms with van der Waals surface area (Å²) in [6.45, 7) is -0.259. The van der Waals surface area contributed by atoms with Gasteiger partial charge in [0, 0.05) is 12.7 Å². The van der Waals surface area contributed by atoms with E-state index in [1.165, 1.54) is 4.90 Å². The number of aliphatic carboxylic acids is 1. The second-order valence-corrected chi connectivity index (χ2v) is 5.50. The van der Waals surface area contributed by atoms with Gasteiger partial charge in [0.15, 0.2) is 0 Å². The van der Waals surface area contributed by atoms with E-state index in [0.717, 1.165) is 49.8 Å². The first-order valence-electron chi connectivity index (χ1n) is 7.37. The fourth-order valence-corrected chi connectivity index (χ4v) is 2.87. The molecule has 1 aromatic rings. The molecule has 6 nitrogen and oxygen atoms in total. The third kappa shape index (κ3) is 3.17. The normalized spacial score (nSPS) is 14.0. The number of likely N-dealkylation sites (N-methyl/N-ethyl adjacent to an activating group) is 1. The highest BCUT2D eigenvalue weighted by Crippen LogP contribution is 2.29. The summed E-state index contributed by atoms with van der Waals surface area (Å²) in [6, 6.07) is 4.17. The molecule has 0 radical (unpaired) electrons. The van der Waals surface area contributed by atoms with E-state index in [4.69, 9.17) is 5.11 Å². The molecule has 0 aliphatic heterocycles. The van der Waals surface area contributed by atoms with Crippen LogP contribution >= 0.6 is 0 Å². The second kappa shape index (κ2) is 6.91. The van der Waals surface area contributed by atoms with Crippen molar-refractivity contribution in [2.24, 2.45) is 0 Å². The van der Waals surface area contributed by atoms with E-state index < -0.39 is 5.97 Å². The van der Waals surface area contributed by atoms with E-state index in [9.17, 15) is 15.3 Å². The van der Waals surface area contributed by atoms with Gasteiger partial charge in [-0.3, -0.25) is 4.79 Å². The van der Waals surface area contributed by atoms with E-state index >= 15 is 0 Å². The minimum absolute atomic E-state index is 0.186. The van der Waals surface area contributed by atoms with E-state index in [0.29, 0.717) is 11.4 Å². The van der Waals surface area contributed by atoms with Crippen LogP contribution in [-0.2, 0) is 17.6 Å². The number of hydrogen-bond acceptors (Lipinski definition) is 5. The highest BCUT2D eigenvalue weighted by atomic mass is 16.4. The number of carbonyl (C=O) groups is 1. The van der Waals surface area contributed by atoms with Gasteiger partial charge in [0.1, 0.15) is 30.1 Å². The molecule has 1 aliphatic rings. The molecular weight excluding hydrogens is 280 g/mol. The number of aryl methyl sites for hydroxylation is 1. The molecule has 1 N–H and O–H groups in total. The Morgan fingerprint density at radius 2 is 1.82 bits per heavy atom. The number of pyridine rings is 1. The molecule has 0 fully saturated rings. The predicted molar refractivity (Wildman–Crippen MR) is 80.4 cm³/mol. The highest BCUT2D eigenvalue weighted by molar-refractivity contribution is 5.75. The summed E-state index contributed by atoms with van der Waals surface area (Å²) in [5, 5.41) is 27.9. The molecule has 0 unspecified atom stereocenters. The average molecular weight is 298 g/mol. The SMILES string of the molecule is CN(CC(=O)O)c1nc2c(c(C#N)c1C#N)CCCCCC2. The topological polar surface area (TPSA) is 101 Å². The van der Waals surface area contributed by atoms with Gasteiger partial charge in [-0.05, 0) is 31.2 Å². The molecular formula is C16H18N4O2. The van der Waals surface area contributed by atoms with Crippen LogP contribution in [0.15, 0.2) is 0 Å². The first-order valence-corrected chi connectivity index (χ1v) is 7.37. The minimum Gasteiger partial charge on any atom is -0.480 e. The first kappa shape index (κ1) is 15.8. The van der Waals surface area contributed by atoms with Crippen molar-refractivity contribution in [3.8, 4) is 12.1 Å². The Kier molecular flexibility index (Phi) is 4.95. The van der Waals surface area contributed by atoms with Crippen LogP contribution < -0.4 is 4.90 Å². The van der Waals surface area contributed by atoms with Crippen LogP contribution in [0.25, 0.3) is 0 Å². The summed E-state index contributed by atoms with van der Waals surface area (Å²) in [4.78, 5) is 16.9. The van der Waals surface area contributed by atoms with Crippen LogP contribution in [0.3, 0.4) is 0 Å². The molecule has 6 heteroatoms. The van der Waals surface area contributed by atoms with E-state index in [1.807, 2.05) is 6.07 Å². The maximum absolute atomic E-state index is 10.9. The summed E-state index contributed by atoms with van der Waals surface area (Å²) in [5.41, 5.74) is 2.25. The van der Waals surface area contributed by atoms with Crippen LogP contribution in [0.5, 0.6) is 0 Å². The lowest BCUT2D eigenvalue weighted by molar-refractivity contribution is -0.135. The standard InChI is InChI=1S/C16H18N4O2/c1-20(10-15(21)22)16-13(9-18)12(8-17)11-6-4-2-3-5-7-14(11)19-16/h2-7,10H2,1H3,(H,21,22). The molecule has 0 spiro atoms. The first-order chi connectivity index (χ1) is 10.6. The zero-order valence-electron chi connectivity index (χ0n) is 12.6. The molecule has 1 heterocycles. The number of rotatable bonds is 3. The Balaban J connectivity index is 2.59. The predicted octanol–water partition coefficient (Wildman–Crippen LogP) is 2.00. The van der Waals surface area contributed by atoms with Crippen molar-refractivity contribution in [2.45, 2.75) is 38.5 Å². The smallest absolute Gasteiger partial charge is 0.323 e. The van der Waals surface area contributed by atoms with Crippen molar-refractivity contribution in [1.29, 1.82) is 10.5 Å². The van der Waals surface area contributed by atoms with Gasteiger partial charge in [-0.2, -0.15) is 10.5 Å². The fraction of sp³-hybridized carbons (Fsp3) is 0.500. The summed E-state index contributed by atoms with van der Waals surface area (Å²) in [5.74, 6) is -0.709. The number of aromatic nitrogens is 1. The average Bonchev–Trinajstić information content (AvgIpc) is 2.45. The van der Waals surface area contributed by atoms with Crippen LogP contribution in [-0.4, -0.2) is 29.7 Å². The Bertz CT molecular complexity index is 670. The van der Waals surface area contributed by atoms with Gasteiger partial charge in [0.2, 0.25) is 0 Å². The largest absolute Gasteiger partial charge is 0.480 e. The summed E-state index contributed by atoms with van der Waals surface area (Å²) >= 11 is 0. The zero-order valence-corrected chi connectivity index (χ0v) is 12.6. The molecule has 0 aromatic carbocycles. The van der Waals surface area contributed by atoms with Crippen LogP contribution in [0.2, 0.25) is 0 Å². The third-order valence-electron chi connectivity index (χ3n) is 3.91. The van der Waals surface area contributed by atoms with Gasteiger partial charge in [-0.25, -0.2) is 4.98 Å². The van der Waals surface area contributed by atoms with Crippen molar-refractivity contribution in [3.05, 3.63) is 22.4 Å². The van der Waals surface area contributed by atoms with Gasteiger partial charge in [-0.1, -0.05) is 12.8 Å². The van der Waals surface area contributed by atoms with Crippen molar-refractivity contribution >= 4 is 11.8 Å². The Morgan fingerprint density at radius 1 is 1.18 bits per heavy atom. The molecule has 114 valence electrons. The fourth-order valence-electron chi connectivity index (χ4n) is 2.87. The van der Waals surface area contributed by atoms with Gasteiger partial charge in [0.05, 0.1) is 5.56 Å². The minimum atomic E-state index is -1.00. The van der Waals surface area contributed by atoms with Gasteiger partial charge in [-0.15, -0.1) is 0 Å². The van der Waals surface area contributed by atoms with Crippen molar-refractivity contribution in [2.75, 3.05) is 18.5 Å². The molecule has 22 heavy (non-hydrogen) atoms. The molecule has 0 saturated carbocycles. The molecule has 1 aliphatic carbocycles. The molecule has 0 saturated heterocycles. The maximum Gasteiger partial charge on any atom is 0.323 e. The number of nitriles is 2. The lowest BCUT2D eigenvalue weighted by atomic mass is 9.91. The highest BCUT2D eigenvalue weighted by Gasteiger charge is 2.23. The number of nitrogens with zero attached hydrogens (tertiary/aromatic N) is 4. The Hall–Kier alpha value is -2.60.